The zero-order valence-electron chi connectivity index (χ0n) is 13.7. The van der Waals surface area contributed by atoms with Crippen LogP contribution in [0.5, 0.6) is 0 Å². The summed E-state index contributed by atoms with van der Waals surface area (Å²) >= 11 is 0. The molecule has 0 saturated heterocycles. The lowest BCUT2D eigenvalue weighted by atomic mass is 9.86. The molecule has 0 aromatic heterocycles. The molecule has 1 aromatic rings. The van der Waals surface area contributed by atoms with Gasteiger partial charge in [0, 0.05) is 25.3 Å². The Morgan fingerprint density at radius 3 is 2.62 bits per heavy atom. The third kappa shape index (κ3) is 4.44. The Morgan fingerprint density at radius 1 is 1.24 bits per heavy atom. The van der Waals surface area contributed by atoms with Gasteiger partial charge in [-0.05, 0) is 68.3 Å². The van der Waals surface area contributed by atoms with Gasteiger partial charge in [0.05, 0.1) is 0 Å². The third-order valence-electron chi connectivity index (χ3n) is 4.70. The summed E-state index contributed by atoms with van der Waals surface area (Å²) in [5.74, 6) is 0.714. The van der Waals surface area contributed by atoms with E-state index in [1.807, 2.05) is 6.07 Å². The van der Waals surface area contributed by atoms with E-state index in [1.54, 1.807) is 12.1 Å². The van der Waals surface area contributed by atoms with Crippen molar-refractivity contribution in [1.29, 1.82) is 0 Å². The summed E-state index contributed by atoms with van der Waals surface area (Å²) in [5, 5.41) is 3.39. The second-order valence-electron chi connectivity index (χ2n) is 6.47. The summed E-state index contributed by atoms with van der Waals surface area (Å²) in [6.45, 7) is 6.21. The van der Waals surface area contributed by atoms with Gasteiger partial charge < -0.3 is 10.2 Å². The van der Waals surface area contributed by atoms with E-state index in [0.717, 1.165) is 31.0 Å². The van der Waals surface area contributed by atoms with Crippen molar-refractivity contribution in [3.8, 4) is 0 Å². The SMILES string of the molecule is CCCNCc1cc(F)ccc1N(C)C1CCC(C)CC1. The molecular weight excluding hydrogens is 263 g/mol. The molecule has 0 radical (unpaired) electrons. The Morgan fingerprint density at radius 2 is 1.95 bits per heavy atom. The van der Waals surface area contributed by atoms with Crippen molar-refractivity contribution < 1.29 is 4.39 Å². The molecule has 0 spiro atoms. The van der Waals surface area contributed by atoms with Crippen molar-refractivity contribution >= 4 is 5.69 Å². The van der Waals surface area contributed by atoms with Crippen molar-refractivity contribution in [2.24, 2.45) is 5.92 Å². The first-order valence-electron chi connectivity index (χ1n) is 8.33. The van der Waals surface area contributed by atoms with Crippen LogP contribution < -0.4 is 10.2 Å². The maximum absolute atomic E-state index is 13.6. The maximum Gasteiger partial charge on any atom is 0.123 e. The highest BCUT2D eigenvalue weighted by atomic mass is 19.1. The lowest BCUT2D eigenvalue weighted by Crippen LogP contribution is -2.35. The van der Waals surface area contributed by atoms with E-state index in [9.17, 15) is 4.39 Å². The lowest BCUT2D eigenvalue weighted by molar-refractivity contribution is 0.340. The first kappa shape index (κ1) is 16.3. The molecule has 1 aliphatic rings. The van der Waals surface area contributed by atoms with E-state index in [4.69, 9.17) is 0 Å². The van der Waals surface area contributed by atoms with Crippen LogP contribution in [0, 0.1) is 11.7 Å². The highest BCUT2D eigenvalue weighted by molar-refractivity contribution is 5.54. The molecule has 0 amide bonds. The normalized spacial score (nSPS) is 22.3. The monoisotopic (exact) mass is 292 g/mol. The molecule has 0 unspecified atom stereocenters. The average Bonchev–Trinajstić information content (AvgIpc) is 2.48. The highest BCUT2D eigenvalue weighted by Gasteiger charge is 2.23. The molecule has 3 heteroatoms. The van der Waals surface area contributed by atoms with Crippen LogP contribution in [0.2, 0.25) is 0 Å². The Hall–Kier alpha value is -1.09. The van der Waals surface area contributed by atoms with Crippen molar-refractivity contribution in [3.63, 3.8) is 0 Å². The summed E-state index contributed by atoms with van der Waals surface area (Å²) in [4.78, 5) is 2.37. The Bertz CT molecular complexity index is 439. The summed E-state index contributed by atoms with van der Waals surface area (Å²) in [6.07, 6.45) is 6.20. The van der Waals surface area contributed by atoms with Crippen LogP contribution >= 0.6 is 0 Å². The van der Waals surface area contributed by atoms with Crippen molar-refractivity contribution in [2.45, 2.75) is 58.5 Å². The van der Waals surface area contributed by atoms with Gasteiger partial charge in [0.25, 0.3) is 0 Å². The molecule has 1 aliphatic carbocycles. The van der Waals surface area contributed by atoms with Crippen LogP contribution in [-0.4, -0.2) is 19.6 Å². The van der Waals surface area contributed by atoms with E-state index >= 15 is 0 Å². The van der Waals surface area contributed by atoms with Crippen LogP contribution in [0.1, 0.15) is 51.5 Å². The molecule has 0 atom stereocenters. The van der Waals surface area contributed by atoms with Crippen LogP contribution in [0.15, 0.2) is 18.2 Å². The quantitative estimate of drug-likeness (QED) is 0.785. The zero-order valence-corrected chi connectivity index (χ0v) is 13.7. The van der Waals surface area contributed by atoms with Gasteiger partial charge in [0.1, 0.15) is 5.82 Å². The van der Waals surface area contributed by atoms with E-state index < -0.39 is 0 Å². The third-order valence-corrected chi connectivity index (χ3v) is 4.70. The average molecular weight is 292 g/mol. The van der Waals surface area contributed by atoms with Crippen molar-refractivity contribution in [3.05, 3.63) is 29.6 Å². The molecule has 2 rings (SSSR count). The maximum atomic E-state index is 13.6. The van der Waals surface area contributed by atoms with Crippen LogP contribution in [0.25, 0.3) is 0 Å². The van der Waals surface area contributed by atoms with Gasteiger partial charge in [-0.1, -0.05) is 13.8 Å². The number of nitrogens with one attached hydrogen (secondary N) is 1. The number of hydrogen-bond acceptors (Lipinski definition) is 2. The molecule has 1 saturated carbocycles. The number of halogens is 1. The van der Waals surface area contributed by atoms with Gasteiger partial charge in [-0.3, -0.25) is 0 Å². The fourth-order valence-electron chi connectivity index (χ4n) is 3.27. The minimum atomic E-state index is -0.141. The van der Waals surface area contributed by atoms with Crippen molar-refractivity contribution in [1.82, 2.24) is 5.32 Å². The minimum Gasteiger partial charge on any atom is -0.371 e. The zero-order chi connectivity index (χ0) is 15.2. The molecule has 1 N–H and O–H groups in total. The lowest BCUT2D eigenvalue weighted by Gasteiger charge is -2.36. The fourth-order valence-corrected chi connectivity index (χ4v) is 3.27. The van der Waals surface area contributed by atoms with Gasteiger partial charge in [0.15, 0.2) is 0 Å². The predicted molar refractivity (Wildman–Crippen MR) is 88.2 cm³/mol. The summed E-state index contributed by atoms with van der Waals surface area (Å²) in [6, 6.07) is 5.80. The Kier molecular flexibility index (Phi) is 6.04. The first-order valence-corrected chi connectivity index (χ1v) is 8.33. The standard InChI is InChI=1S/C18H29FN2/c1-4-11-20-13-15-12-16(19)7-10-18(15)21(3)17-8-5-14(2)6-9-17/h7,10,12,14,17,20H,4-6,8-9,11,13H2,1-3H3. The molecule has 0 bridgehead atoms. The Labute approximate surface area is 128 Å². The second kappa shape index (κ2) is 7.79. The van der Waals surface area contributed by atoms with Crippen molar-refractivity contribution in [2.75, 3.05) is 18.5 Å². The second-order valence-corrected chi connectivity index (χ2v) is 6.47. The smallest absolute Gasteiger partial charge is 0.123 e. The first-order chi connectivity index (χ1) is 10.1. The predicted octanol–water partition coefficient (Wildman–Crippen LogP) is 4.34. The Balaban J connectivity index is 2.09. The van der Waals surface area contributed by atoms with E-state index in [-0.39, 0.29) is 5.82 Å². The van der Waals surface area contributed by atoms with E-state index in [0.29, 0.717) is 6.04 Å². The van der Waals surface area contributed by atoms with Gasteiger partial charge in [-0.25, -0.2) is 4.39 Å². The van der Waals surface area contributed by atoms with Gasteiger partial charge in [0.2, 0.25) is 0 Å². The molecule has 0 heterocycles. The van der Waals surface area contributed by atoms with Crippen LogP contribution in [0.3, 0.4) is 0 Å². The largest absolute Gasteiger partial charge is 0.371 e. The number of anilines is 1. The molecule has 2 nitrogen and oxygen atoms in total. The molecule has 1 fully saturated rings. The number of rotatable bonds is 6. The van der Waals surface area contributed by atoms with Crippen LogP contribution in [-0.2, 0) is 6.54 Å². The van der Waals surface area contributed by atoms with E-state index in [1.165, 1.54) is 31.4 Å². The fraction of sp³-hybridized carbons (Fsp3) is 0.667. The van der Waals surface area contributed by atoms with Gasteiger partial charge in [-0.2, -0.15) is 0 Å². The molecule has 118 valence electrons. The molecule has 21 heavy (non-hydrogen) atoms. The summed E-state index contributed by atoms with van der Waals surface area (Å²) in [7, 11) is 2.16. The summed E-state index contributed by atoms with van der Waals surface area (Å²) in [5.41, 5.74) is 2.25. The molecule has 0 aliphatic heterocycles. The van der Waals surface area contributed by atoms with E-state index in [2.05, 4.69) is 31.1 Å². The minimum absolute atomic E-state index is 0.141. The van der Waals surface area contributed by atoms with Gasteiger partial charge >= 0.3 is 0 Å². The van der Waals surface area contributed by atoms with Gasteiger partial charge in [-0.15, -0.1) is 0 Å². The number of nitrogens with zero attached hydrogens (tertiary/aromatic N) is 1. The number of benzene rings is 1. The van der Waals surface area contributed by atoms with Crippen LogP contribution in [0.4, 0.5) is 10.1 Å². The number of hydrogen-bond donors (Lipinski definition) is 1. The topological polar surface area (TPSA) is 15.3 Å². The highest BCUT2D eigenvalue weighted by Crippen LogP contribution is 2.31. The molecule has 1 aromatic carbocycles. The summed E-state index contributed by atoms with van der Waals surface area (Å²) < 4.78 is 13.6. The molecular formula is C18H29FN2.